The van der Waals surface area contributed by atoms with Crippen LogP contribution in [-0.4, -0.2) is 48.8 Å². The third-order valence-electron chi connectivity index (χ3n) is 2.59. The van der Waals surface area contributed by atoms with Crippen LogP contribution >= 0.6 is 11.8 Å². The fourth-order valence-electron chi connectivity index (χ4n) is 1.70. The van der Waals surface area contributed by atoms with Crippen molar-refractivity contribution in [2.24, 2.45) is 0 Å². The molecule has 2 rings (SSSR count). The molecule has 0 aromatic carbocycles. The lowest BCUT2D eigenvalue weighted by Crippen LogP contribution is -2.36. The van der Waals surface area contributed by atoms with Crippen molar-refractivity contribution in [2.45, 2.75) is 19.4 Å². The van der Waals surface area contributed by atoms with Gasteiger partial charge in [-0.15, -0.1) is 10.2 Å². The van der Waals surface area contributed by atoms with Crippen molar-refractivity contribution in [3.8, 4) is 0 Å². The zero-order chi connectivity index (χ0) is 13.2. The molecule has 7 heteroatoms. The maximum atomic E-state index is 10.1. The molecular weight excluding hydrogens is 250 g/mol. The van der Waals surface area contributed by atoms with Gasteiger partial charge in [-0.2, -0.15) is 11.8 Å². The van der Waals surface area contributed by atoms with Gasteiger partial charge < -0.3 is 10.4 Å². The highest BCUT2D eigenvalue weighted by atomic mass is 32.2. The second-order valence-corrected chi connectivity index (χ2v) is 5.37. The molecule has 0 fully saturated rings. The summed E-state index contributed by atoms with van der Waals surface area (Å²) < 4.78 is 1.86. The topological polar surface area (TPSA) is 75.3 Å². The highest BCUT2D eigenvalue weighted by Gasteiger charge is 2.20. The van der Waals surface area contributed by atoms with Crippen LogP contribution in [0.3, 0.4) is 0 Å². The number of anilines is 1. The molecule has 6 nitrogen and oxygen atoms in total. The van der Waals surface area contributed by atoms with E-state index in [1.807, 2.05) is 23.8 Å². The summed E-state index contributed by atoms with van der Waals surface area (Å²) in [6.45, 7) is 4.10. The van der Waals surface area contributed by atoms with E-state index in [0.29, 0.717) is 23.8 Å². The maximum Gasteiger partial charge on any atom is 0.203 e. The number of nitrogens with one attached hydrogen (secondary N) is 1. The molecule has 0 bridgehead atoms. The van der Waals surface area contributed by atoms with E-state index >= 15 is 0 Å². The van der Waals surface area contributed by atoms with Crippen molar-refractivity contribution >= 4 is 23.2 Å². The summed E-state index contributed by atoms with van der Waals surface area (Å²) in [6, 6.07) is 0. The van der Waals surface area contributed by atoms with Crippen molar-refractivity contribution in [1.29, 1.82) is 0 Å². The fraction of sp³-hybridized carbons (Fsp3) is 0.545. The second kappa shape index (κ2) is 5.11. The van der Waals surface area contributed by atoms with E-state index in [9.17, 15) is 5.11 Å². The highest BCUT2D eigenvalue weighted by molar-refractivity contribution is 7.98. The smallest absolute Gasteiger partial charge is 0.203 e. The van der Waals surface area contributed by atoms with Gasteiger partial charge in [0.25, 0.3) is 0 Å². The predicted molar refractivity (Wildman–Crippen MR) is 73.0 cm³/mol. The van der Waals surface area contributed by atoms with Crippen molar-refractivity contribution in [2.75, 3.05) is 23.9 Å². The van der Waals surface area contributed by atoms with Crippen LogP contribution < -0.4 is 5.32 Å². The fourth-order valence-corrected chi connectivity index (χ4v) is 2.43. The van der Waals surface area contributed by atoms with Crippen LogP contribution in [0.2, 0.25) is 0 Å². The normalized spacial score (nSPS) is 14.7. The quantitative estimate of drug-likeness (QED) is 0.840. The number of aromatic nitrogens is 4. The number of hydrogen-bond acceptors (Lipinski definition) is 6. The molecule has 2 N–H and O–H groups in total. The van der Waals surface area contributed by atoms with E-state index in [0.717, 1.165) is 5.82 Å². The molecule has 0 saturated carbocycles. The number of aliphatic hydroxyl groups is 1. The molecule has 0 aliphatic heterocycles. The number of hydrogen-bond donors (Lipinski definition) is 2. The largest absolute Gasteiger partial charge is 0.387 e. The van der Waals surface area contributed by atoms with Crippen LogP contribution in [0, 0.1) is 6.92 Å². The van der Waals surface area contributed by atoms with Gasteiger partial charge in [0.1, 0.15) is 5.82 Å². The third-order valence-corrected chi connectivity index (χ3v) is 3.50. The molecule has 1 unspecified atom stereocenters. The zero-order valence-electron chi connectivity index (χ0n) is 10.7. The lowest BCUT2D eigenvalue weighted by atomic mass is 10.1. The maximum absolute atomic E-state index is 10.1. The number of thioether (sulfide) groups is 1. The molecular formula is C11H17N5OS. The summed E-state index contributed by atoms with van der Waals surface area (Å²) in [7, 11) is 0. The van der Waals surface area contributed by atoms with E-state index in [-0.39, 0.29) is 0 Å². The van der Waals surface area contributed by atoms with Gasteiger partial charge in [-0.25, -0.2) is 4.98 Å². The van der Waals surface area contributed by atoms with Crippen molar-refractivity contribution in [3.05, 3.63) is 18.2 Å². The summed E-state index contributed by atoms with van der Waals surface area (Å²) in [6.07, 6.45) is 5.47. The molecule has 0 aliphatic rings. The lowest BCUT2D eigenvalue weighted by molar-refractivity contribution is 0.0996. The Morgan fingerprint density at radius 1 is 1.50 bits per heavy atom. The zero-order valence-corrected chi connectivity index (χ0v) is 11.5. The van der Waals surface area contributed by atoms with Crippen LogP contribution in [0.4, 0.5) is 5.82 Å². The van der Waals surface area contributed by atoms with E-state index < -0.39 is 5.60 Å². The molecule has 2 heterocycles. The minimum Gasteiger partial charge on any atom is -0.387 e. The number of nitrogens with zero attached hydrogens (tertiary/aromatic N) is 4. The number of rotatable bonds is 5. The second-order valence-electron chi connectivity index (χ2n) is 4.50. The van der Waals surface area contributed by atoms with Gasteiger partial charge in [0, 0.05) is 24.7 Å². The summed E-state index contributed by atoms with van der Waals surface area (Å²) in [5, 5.41) is 21.3. The van der Waals surface area contributed by atoms with Crippen molar-refractivity contribution in [3.63, 3.8) is 0 Å². The monoisotopic (exact) mass is 267 g/mol. The van der Waals surface area contributed by atoms with Gasteiger partial charge in [-0.3, -0.25) is 4.40 Å². The summed E-state index contributed by atoms with van der Waals surface area (Å²) in [5.41, 5.74) is -0.0989. The van der Waals surface area contributed by atoms with E-state index in [2.05, 4.69) is 20.5 Å². The average molecular weight is 267 g/mol. The van der Waals surface area contributed by atoms with Crippen molar-refractivity contribution < 1.29 is 5.11 Å². The van der Waals surface area contributed by atoms with E-state index in [1.54, 1.807) is 24.9 Å². The first-order valence-electron chi connectivity index (χ1n) is 5.65. The SMILES string of the molecule is CSCC(C)(O)CNc1nccn2c(C)nnc12. The third kappa shape index (κ3) is 2.73. The molecule has 18 heavy (non-hydrogen) atoms. The van der Waals surface area contributed by atoms with Gasteiger partial charge in [-0.1, -0.05) is 0 Å². The Morgan fingerprint density at radius 3 is 3.00 bits per heavy atom. The summed E-state index contributed by atoms with van der Waals surface area (Å²) >= 11 is 1.61. The Morgan fingerprint density at radius 2 is 2.28 bits per heavy atom. The molecule has 2 aromatic rings. The minimum absolute atomic E-state index is 0.423. The van der Waals surface area contributed by atoms with Crippen molar-refractivity contribution in [1.82, 2.24) is 19.6 Å². The summed E-state index contributed by atoms with van der Waals surface area (Å²) in [4.78, 5) is 4.23. The molecule has 1 atom stereocenters. The number of fused-ring (bicyclic) bond motifs is 1. The van der Waals surface area contributed by atoms with Crippen LogP contribution in [0.5, 0.6) is 0 Å². The van der Waals surface area contributed by atoms with Crippen LogP contribution in [0.1, 0.15) is 12.7 Å². The molecule has 0 radical (unpaired) electrons. The van der Waals surface area contributed by atoms with E-state index in [1.165, 1.54) is 0 Å². The standard InChI is InChI=1S/C11H17N5OS/c1-8-14-15-10-9(12-4-5-16(8)10)13-6-11(2,17)7-18-3/h4-5,17H,6-7H2,1-3H3,(H,12,13). The average Bonchev–Trinajstić information content (AvgIpc) is 2.69. The lowest BCUT2D eigenvalue weighted by Gasteiger charge is -2.22. The Bertz CT molecular complexity index is 539. The van der Waals surface area contributed by atoms with Gasteiger partial charge in [0.05, 0.1) is 5.60 Å². The molecule has 98 valence electrons. The van der Waals surface area contributed by atoms with Crippen LogP contribution in [0.15, 0.2) is 12.4 Å². The van der Waals surface area contributed by atoms with Crippen LogP contribution in [0.25, 0.3) is 5.65 Å². The minimum atomic E-state index is -0.775. The molecule has 0 spiro atoms. The molecule has 0 aliphatic carbocycles. The predicted octanol–water partition coefficient (Wildman–Crippen LogP) is 0.959. The van der Waals surface area contributed by atoms with Gasteiger partial charge in [-0.05, 0) is 20.1 Å². The van der Waals surface area contributed by atoms with E-state index in [4.69, 9.17) is 0 Å². The Labute approximate surface area is 110 Å². The van der Waals surface area contributed by atoms with Gasteiger partial charge in [0.15, 0.2) is 5.82 Å². The molecule has 0 amide bonds. The summed E-state index contributed by atoms with van der Waals surface area (Å²) in [5.74, 6) is 2.11. The Kier molecular flexibility index (Phi) is 3.72. The molecule has 2 aromatic heterocycles. The first-order valence-corrected chi connectivity index (χ1v) is 7.04. The van der Waals surface area contributed by atoms with Gasteiger partial charge in [0.2, 0.25) is 5.65 Å². The number of aryl methyl sites for hydroxylation is 1. The first kappa shape index (κ1) is 13.1. The molecule has 0 saturated heterocycles. The van der Waals surface area contributed by atoms with Crippen LogP contribution in [-0.2, 0) is 0 Å². The highest BCUT2D eigenvalue weighted by Crippen LogP contribution is 2.15. The van der Waals surface area contributed by atoms with Gasteiger partial charge >= 0.3 is 0 Å². The Balaban J connectivity index is 2.17. The Hall–Kier alpha value is -1.34. The first-order chi connectivity index (χ1) is 8.53.